The molecule has 0 atom stereocenters. The third-order valence-corrected chi connectivity index (χ3v) is 1.62. The van der Waals surface area contributed by atoms with Crippen molar-refractivity contribution in [3.8, 4) is 0 Å². The fourth-order valence-electron chi connectivity index (χ4n) is 1.01. The maximum Gasteiger partial charge on any atom is 0.225 e. The summed E-state index contributed by atoms with van der Waals surface area (Å²) in [6, 6.07) is 0. The van der Waals surface area contributed by atoms with Gasteiger partial charge in [-0.05, 0) is 13.8 Å². The number of nitrogens with one attached hydrogen (secondary N) is 4. The minimum atomic E-state index is -0.218. The lowest BCUT2D eigenvalue weighted by atomic mass is 10.3. The van der Waals surface area contributed by atoms with Crippen LogP contribution >= 0.6 is 0 Å². The van der Waals surface area contributed by atoms with Gasteiger partial charge < -0.3 is 21.5 Å². The van der Waals surface area contributed by atoms with E-state index >= 15 is 0 Å². The minimum Gasteiger partial charge on any atom is -0.354 e. The van der Waals surface area contributed by atoms with Crippen LogP contribution in [0.1, 0.15) is 26.7 Å². The van der Waals surface area contributed by atoms with E-state index in [1.807, 2.05) is 0 Å². The fraction of sp³-hybridized carbons (Fsp3) is 0.600. The first-order chi connectivity index (χ1) is 7.41. The summed E-state index contributed by atoms with van der Waals surface area (Å²) in [5, 5.41) is 19.3. The molecular formula is C10H18N4O2. The topological polar surface area (TPSA) is 106 Å². The monoisotopic (exact) mass is 226 g/mol. The molecule has 0 heterocycles. The molecule has 0 aliphatic rings. The molecule has 0 spiro atoms. The summed E-state index contributed by atoms with van der Waals surface area (Å²) in [5.74, 6) is -0.435. The van der Waals surface area contributed by atoms with Gasteiger partial charge in [-0.3, -0.25) is 9.59 Å². The molecule has 0 aromatic rings. The van der Waals surface area contributed by atoms with Gasteiger partial charge in [0, 0.05) is 24.5 Å². The molecule has 0 unspecified atom stereocenters. The molecule has 0 rings (SSSR count). The number of amides is 2. The van der Waals surface area contributed by atoms with Crippen LogP contribution in [0.25, 0.3) is 0 Å². The van der Waals surface area contributed by atoms with E-state index in [9.17, 15) is 9.59 Å². The quantitative estimate of drug-likeness (QED) is 0.364. The molecule has 0 saturated heterocycles. The largest absolute Gasteiger partial charge is 0.354 e. The lowest BCUT2D eigenvalue weighted by Gasteiger charge is -2.06. The van der Waals surface area contributed by atoms with E-state index in [4.69, 9.17) is 10.8 Å². The second-order valence-corrected chi connectivity index (χ2v) is 3.61. The van der Waals surface area contributed by atoms with Crippen LogP contribution in [-0.4, -0.2) is 36.3 Å². The van der Waals surface area contributed by atoms with E-state index in [1.54, 1.807) is 13.8 Å². The van der Waals surface area contributed by atoms with Gasteiger partial charge >= 0.3 is 0 Å². The molecule has 0 saturated carbocycles. The van der Waals surface area contributed by atoms with Gasteiger partial charge in [-0.1, -0.05) is 0 Å². The average Bonchev–Trinajstić information content (AvgIpc) is 2.10. The Morgan fingerprint density at radius 1 is 0.875 bits per heavy atom. The van der Waals surface area contributed by atoms with Crippen LogP contribution in [0.2, 0.25) is 0 Å². The van der Waals surface area contributed by atoms with Gasteiger partial charge in [0.2, 0.25) is 11.8 Å². The van der Waals surface area contributed by atoms with Crippen molar-refractivity contribution < 1.29 is 9.59 Å². The maximum absolute atomic E-state index is 11.1. The normalized spacial score (nSPS) is 9.38. The highest BCUT2D eigenvalue weighted by atomic mass is 16.2. The number of hydrogen-bond acceptors (Lipinski definition) is 4. The van der Waals surface area contributed by atoms with Gasteiger partial charge in [0.15, 0.2) is 0 Å². The Labute approximate surface area is 94.8 Å². The van der Waals surface area contributed by atoms with E-state index < -0.39 is 0 Å². The van der Waals surface area contributed by atoms with Crippen LogP contribution in [0.3, 0.4) is 0 Å². The van der Waals surface area contributed by atoms with Crippen molar-refractivity contribution in [2.75, 3.05) is 13.1 Å². The van der Waals surface area contributed by atoms with Crippen LogP contribution in [0.15, 0.2) is 0 Å². The zero-order valence-electron chi connectivity index (χ0n) is 9.64. The smallest absolute Gasteiger partial charge is 0.225 e. The van der Waals surface area contributed by atoms with E-state index in [0.29, 0.717) is 24.5 Å². The van der Waals surface area contributed by atoms with Crippen LogP contribution in [-0.2, 0) is 9.59 Å². The summed E-state index contributed by atoms with van der Waals surface area (Å²) < 4.78 is 0. The predicted molar refractivity (Wildman–Crippen MR) is 62.1 cm³/mol. The molecule has 90 valence electrons. The van der Waals surface area contributed by atoms with Gasteiger partial charge in [-0.2, -0.15) is 0 Å². The Bertz CT molecular complexity index is 269. The highest BCUT2D eigenvalue weighted by molar-refractivity contribution is 5.98. The zero-order chi connectivity index (χ0) is 12.6. The summed E-state index contributed by atoms with van der Waals surface area (Å²) in [5.41, 5.74) is 0.613. The second kappa shape index (κ2) is 7.56. The number of hydrogen-bond donors (Lipinski definition) is 4. The van der Waals surface area contributed by atoms with Crippen molar-refractivity contribution in [3.05, 3.63) is 0 Å². The van der Waals surface area contributed by atoms with Crippen LogP contribution in [0.5, 0.6) is 0 Å². The lowest BCUT2D eigenvalue weighted by Crippen LogP contribution is -2.35. The first-order valence-electron chi connectivity index (χ1n) is 5.03. The summed E-state index contributed by atoms with van der Waals surface area (Å²) in [4.78, 5) is 22.2. The Morgan fingerprint density at radius 3 is 1.44 bits per heavy atom. The van der Waals surface area contributed by atoms with Crippen LogP contribution in [0.4, 0.5) is 0 Å². The van der Waals surface area contributed by atoms with Gasteiger partial charge in [-0.15, -0.1) is 0 Å². The summed E-state index contributed by atoms with van der Waals surface area (Å²) in [6.45, 7) is 3.81. The molecule has 0 aromatic heterocycles. The predicted octanol–water partition coefficient (Wildman–Crippen LogP) is 0.0783. The van der Waals surface area contributed by atoms with Crippen LogP contribution < -0.4 is 10.6 Å². The molecule has 0 aliphatic heterocycles. The van der Waals surface area contributed by atoms with Crippen molar-refractivity contribution in [2.24, 2.45) is 0 Å². The molecule has 0 aromatic carbocycles. The third kappa shape index (κ3) is 8.86. The number of carbonyl (C=O) groups excluding carboxylic acids is 2. The molecule has 16 heavy (non-hydrogen) atoms. The maximum atomic E-state index is 11.1. The highest BCUT2D eigenvalue weighted by Gasteiger charge is 2.03. The third-order valence-electron chi connectivity index (χ3n) is 1.62. The van der Waals surface area contributed by atoms with Gasteiger partial charge in [0.05, 0.1) is 12.8 Å². The van der Waals surface area contributed by atoms with Crippen molar-refractivity contribution in [1.29, 1.82) is 10.8 Å². The molecule has 6 nitrogen and oxygen atoms in total. The zero-order valence-corrected chi connectivity index (χ0v) is 9.64. The van der Waals surface area contributed by atoms with Crippen molar-refractivity contribution in [2.45, 2.75) is 26.7 Å². The highest BCUT2D eigenvalue weighted by Crippen LogP contribution is 1.83. The number of carbonyl (C=O) groups is 2. The Morgan fingerprint density at radius 2 is 1.19 bits per heavy atom. The molecular weight excluding hydrogens is 208 g/mol. The van der Waals surface area contributed by atoms with E-state index in [1.165, 1.54) is 0 Å². The molecule has 4 N–H and O–H groups in total. The molecule has 0 aliphatic carbocycles. The standard InChI is InChI=1S/C10H18N4O2/c1-7(11)5-9(15)13-3-4-14-10(16)6-8(2)12/h11-12H,3-6H2,1-2H3,(H,13,15)(H,14,16). The minimum absolute atomic E-state index is 0.0908. The number of rotatable bonds is 7. The molecule has 6 heteroatoms. The molecule has 0 fully saturated rings. The average molecular weight is 226 g/mol. The van der Waals surface area contributed by atoms with Crippen LogP contribution in [0, 0.1) is 10.8 Å². The van der Waals surface area contributed by atoms with Gasteiger partial charge in [-0.25, -0.2) is 0 Å². The Kier molecular flexibility index (Phi) is 6.74. The first kappa shape index (κ1) is 14.3. The van der Waals surface area contributed by atoms with Crippen molar-refractivity contribution in [3.63, 3.8) is 0 Å². The molecule has 0 radical (unpaired) electrons. The fourth-order valence-corrected chi connectivity index (χ4v) is 1.01. The molecule has 0 bridgehead atoms. The van der Waals surface area contributed by atoms with Gasteiger partial charge in [0.25, 0.3) is 0 Å². The summed E-state index contributed by atoms with van der Waals surface area (Å²) in [6.07, 6.45) is 0.182. The van der Waals surface area contributed by atoms with Crippen molar-refractivity contribution in [1.82, 2.24) is 10.6 Å². The van der Waals surface area contributed by atoms with E-state index in [0.717, 1.165) is 0 Å². The lowest BCUT2D eigenvalue weighted by molar-refractivity contribution is -0.121. The Balaban J connectivity index is 3.53. The van der Waals surface area contributed by atoms with Crippen molar-refractivity contribution >= 4 is 23.2 Å². The Hall–Kier alpha value is -1.72. The molecule has 2 amide bonds. The SMILES string of the molecule is CC(=N)CC(=O)NCCNC(=O)CC(C)=N. The summed E-state index contributed by atoms with van der Waals surface area (Å²) in [7, 11) is 0. The van der Waals surface area contributed by atoms with E-state index in [-0.39, 0.29) is 24.7 Å². The van der Waals surface area contributed by atoms with E-state index in [2.05, 4.69) is 10.6 Å². The van der Waals surface area contributed by atoms with Gasteiger partial charge in [0.1, 0.15) is 0 Å². The first-order valence-corrected chi connectivity index (χ1v) is 5.03. The summed E-state index contributed by atoms with van der Waals surface area (Å²) >= 11 is 0. The second-order valence-electron chi connectivity index (χ2n) is 3.61.